The summed E-state index contributed by atoms with van der Waals surface area (Å²) in [6.07, 6.45) is 2.86. The van der Waals surface area contributed by atoms with Crippen molar-refractivity contribution in [3.05, 3.63) is 18.1 Å². The number of ether oxygens (including phenoxy) is 1. The monoisotopic (exact) mass is 234 g/mol. The summed E-state index contributed by atoms with van der Waals surface area (Å²) in [5.41, 5.74) is 0.300. The highest BCUT2D eigenvalue weighted by atomic mass is 16.5. The van der Waals surface area contributed by atoms with E-state index in [9.17, 15) is 0 Å². The lowest BCUT2D eigenvalue weighted by molar-refractivity contribution is -0.0423. The van der Waals surface area contributed by atoms with Crippen LogP contribution in [-0.4, -0.2) is 47.0 Å². The molecule has 6 nitrogen and oxygen atoms in total. The lowest BCUT2D eigenvalue weighted by Gasteiger charge is -2.36. The van der Waals surface area contributed by atoms with Gasteiger partial charge >= 0.3 is 0 Å². The summed E-state index contributed by atoms with van der Waals surface area (Å²) in [7, 11) is 0. The maximum atomic E-state index is 9.12. The van der Waals surface area contributed by atoms with Crippen molar-refractivity contribution < 1.29 is 9.84 Å². The van der Waals surface area contributed by atoms with Crippen LogP contribution in [0.4, 0.5) is 5.82 Å². The van der Waals surface area contributed by atoms with Crippen molar-refractivity contribution in [2.75, 3.05) is 24.6 Å². The number of rotatable bonds is 2. The van der Waals surface area contributed by atoms with Gasteiger partial charge in [-0.1, -0.05) is 0 Å². The zero-order valence-electron chi connectivity index (χ0n) is 9.58. The van der Waals surface area contributed by atoms with Gasteiger partial charge in [0.15, 0.2) is 5.69 Å². The molecule has 6 heteroatoms. The highest BCUT2D eigenvalue weighted by Gasteiger charge is 2.25. The van der Waals surface area contributed by atoms with Crippen LogP contribution in [0.1, 0.15) is 12.6 Å². The van der Waals surface area contributed by atoms with Gasteiger partial charge in [-0.05, 0) is 6.92 Å². The van der Waals surface area contributed by atoms with Gasteiger partial charge in [0.2, 0.25) is 0 Å². The van der Waals surface area contributed by atoms with Crippen molar-refractivity contribution in [3.8, 4) is 6.07 Å². The Morgan fingerprint density at radius 1 is 1.53 bits per heavy atom. The minimum Gasteiger partial charge on any atom is -0.394 e. The first-order chi connectivity index (χ1) is 8.22. The molecule has 2 atom stereocenters. The van der Waals surface area contributed by atoms with Gasteiger partial charge in [-0.2, -0.15) is 5.26 Å². The fourth-order valence-electron chi connectivity index (χ4n) is 1.88. The van der Waals surface area contributed by atoms with E-state index in [0.717, 1.165) is 0 Å². The second-order valence-corrected chi connectivity index (χ2v) is 4.03. The number of aromatic nitrogens is 2. The van der Waals surface area contributed by atoms with E-state index in [1.54, 1.807) is 6.20 Å². The summed E-state index contributed by atoms with van der Waals surface area (Å²) in [4.78, 5) is 10.2. The molecule has 1 aliphatic rings. The average Bonchev–Trinajstić information content (AvgIpc) is 2.38. The Bertz CT molecular complexity index is 414. The van der Waals surface area contributed by atoms with Crippen LogP contribution in [0.5, 0.6) is 0 Å². The maximum absolute atomic E-state index is 9.12. The molecule has 0 radical (unpaired) electrons. The van der Waals surface area contributed by atoms with Crippen molar-refractivity contribution >= 4 is 5.82 Å². The molecule has 2 unspecified atom stereocenters. The molecule has 0 aliphatic carbocycles. The normalized spacial score (nSPS) is 24.4. The van der Waals surface area contributed by atoms with E-state index in [4.69, 9.17) is 15.1 Å². The SMILES string of the molecule is CC1CN(c2cnc(C#N)cn2)CC(CO)O1. The molecule has 2 rings (SSSR count). The zero-order chi connectivity index (χ0) is 12.3. The predicted molar refractivity (Wildman–Crippen MR) is 60.4 cm³/mol. The molecule has 0 saturated carbocycles. The minimum absolute atomic E-state index is 0.00938. The van der Waals surface area contributed by atoms with Gasteiger partial charge in [0.25, 0.3) is 0 Å². The topological polar surface area (TPSA) is 82.3 Å². The molecule has 17 heavy (non-hydrogen) atoms. The fraction of sp³-hybridized carbons (Fsp3) is 0.545. The van der Waals surface area contributed by atoms with Crippen molar-refractivity contribution in [1.29, 1.82) is 5.26 Å². The second-order valence-electron chi connectivity index (χ2n) is 4.03. The summed E-state index contributed by atoms with van der Waals surface area (Å²) in [6.45, 7) is 3.23. The molecule has 1 aromatic rings. The molecule has 0 aromatic carbocycles. The Labute approximate surface area is 99.5 Å². The molecule has 1 saturated heterocycles. The molecular weight excluding hydrogens is 220 g/mol. The lowest BCUT2D eigenvalue weighted by atomic mass is 10.2. The maximum Gasteiger partial charge on any atom is 0.158 e. The van der Waals surface area contributed by atoms with Crippen LogP contribution in [0.15, 0.2) is 12.4 Å². The van der Waals surface area contributed by atoms with Gasteiger partial charge in [-0.3, -0.25) is 0 Å². The highest BCUT2D eigenvalue weighted by molar-refractivity contribution is 5.38. The molecule has 1 N–H and O–H groups in total. The summed E-state index contributed by atoms with van der Waals surface area (Å²) >= 11 is 0. The van der Waals surface area contributed by atoms with Crippen LogP contribution in [0.2, 0.25) is 0 Å². The molecule has 1 aliphatic heterocycles. The molecular formula is C11H14N4O2. The summed E-state index contributed by atoms with van der Waals surface area (Å²) in [6, 6.07) is 1.93. The quantitative estimate of drug-likeness (QED) is 0.771. The van der Waals surface area contributed by atoms with Crippen LogP contribution in [0.3, 0.4) is 0 Å². The van der Waals surface area contributed by atoms with E-state index < -0.39 is 0 Å². The Morgan fingerprint density at radius 2 is 2.35 bits per heavy atom. The number of morpholine rings is 1. The molecule has 1 aromatic heterocycles. The lowest BCUT2D eigenvalue weighted by Crippen LogP contribution is -2.48. The number of hydrogen-bond acceptors (Lipinski definition) is 6. The Kier molecular flexibility index (Phi) is 3.52. The van der Waals surface area contributed by atoms with E-state index in [-0.39, 0.29) is 18.8 Å². The van der Waals surface area contributed by atoms with Crippen molar-refractivity contribution in [2.24, 2.45) is 0 Å². The third kappa shape index (κ3) is 2.70. The van der Waals surface area contributed by atoms with Crippen LogP contribution in [0, 0.1) is 11.3 Å². The highest BCUT2D eigenvalue weighted by Crippen LogP contribution is 2.17. The standard InChI is InChI=1S/C11H14N4O2/c1-8-5-15(6-10(7-16)17-8)11-4-13-9(2-12)3-14-11/h3-4,8,10,16H,5-7H2,1H3. The number of nitrogens with zero attached hydrogens (tertiary/aromatic N) is 4. The van der Waals surface area contributed by atoms with Gasteiger partial charge in [0.05, 0.1) is 31.2 Å². The summed E-state index contributed by atoms with van der Waals surface area (Å²) in [5, 5.41) is 17.8. The molecule has 90 valence electrons. The average molecular weight is 234 g/mol. The minimum atomic E-state index is -0.198. The van der Waals surface area contributed by atoms with Gasteiger partial charge in [0, 0.05) is 13.1 Å². The van der Waals surface area contributed by atoms with E-state index in [1.807, 2.05) is 17.9 Å². The van der Waals surface area contributed by atoms with E-state index in [1.165, 1.54) is 6.20 Å². The van der Waals surface area contributed by atoms with Gasteiger partial charge in [0.1, 0.15) is 11.9 Å². The van der Waals surface area contributed by atoms with Gasteiger partial charge in [-0.25, -0.2) is 9.97 Å². The van der Waals surface area contributed by atoms with Gasteiger partial charge < -0.3 is 14.7 Å². The zero-order valence-corrected chi connectivity index (χ0v) is 9.58. The first-order valence-electron chi connectivity index (χ1n) is 5.46. The van der Waals surface area contributed by atoms with Crippen LogP contribution in [0.25, 0.3) is 0 Å². The van der Waals surface area contributed by atoms with Crippen molar-refractivity contribution in [3.63, 3.8) is 0 Å². The Hall–Kier alpha value is -1.71. The van der Waals surface area contributed by atoms with Crippen molar-refractivity contribution in [2.45, 2.75) is 19.1 Å². The van der Waals surface area contributed by atoms with E-state index in [0.29, 0.717) is 24.6 Å². The first-order valence-corrected chi connectivity index (χ1v) is 5.46. The molecule has 1 fully saturated rings. The molecule has 2 heterocycles. The van der Waals surface area contributed by atoms with Crippen LogP contribution < -0.4 is 4.90 Å². The molecule has 0 amide bonds. The van der Waals surface area contributed by atoms with E-state index in [2.05, 4.69) is 9.97 Å². The number of hydrogen-bond donors (Lipinski definition) is 1. The molecule has 0 spiro atoms. The number of aliphatic hydroxyl groups is 1. The summed E-state index contributed by atoms with van der Waals surface area (Å²) in [5.74, 6) is 0.706. The Balaban J connectivity index is 2.12. The third-order valence-electron chi connectivity index (χ3n) is 2.61. The number of nitriles is 1. The van der Waals surface area contributed by atoms with E-state index >= 15 is 0 Å². The predicted octanol–water partition coefficient (Wildman–Crippen LogP) is -0.0657. The smallest absolute Gasteiger partial charge is 0.158 e. The fourth-order valence-corrected chi connectivity index (χ4v) is 1.88. The number of aliphatic hydroxyl groups excluding tert-OH is 1. The second kappa shape index (κ2) is 5.08. The number of anilines is 1. The first kappa shape index (κ1) is 11.8. The van der Waals surface area contributed by atoms with Crippen molar-refractivity contribution in [1.82, 2.24) is 9.97 Å². The van der Waals surface area contributed by atoms with Crippen LogP contribution in [-0.2, 0) is 4.74 Å². The van der Waals surface area contributed by atoms with Gasteiger partial charge in [-0.15, -0.1) is 0 Å². The molecule has 0 bridgehead atoms. The largest absolute Gasteiger partial charge is 0.394 e. The Morgan fingerprint density at radius 3 is 2.94 bits per heavy atom. The van der Waals surface area contributed by atoms with Crippen LogP contribution >= 0.6 is 0 Å². The summed E-state index contributed by atoms with van der Waals surface area (Å²) < 4.78 is 5.54. The third-order valence-corrected chi connectivity index (χ3v) is 2.61.